The fourth-order valence-electron chi connectivity index (χ4n) is 3.74. The van der Waals surface area contributed by atoms with Crippen molar-refractivity contribution in [1.29, 1.82) is 5.26 Å². The molecule has 0 atom stereocenters. The van der Waals surface area contributed by atoms with Crippen molar-refractivity contribution in [3.8, 4) is 6.07 Å². The minimum absolute atomic E-state index is 0.0793. The first kappa shape index (κ1) is 11.9. The van der Waals surface area contributed by atoms with E-state index in [-0.39, 0.29) is 10.8 Å². The molecule has 1 heterocycles. The second kappa shape index (κ2) is 4.07. The van der Waals surface area contributed by atoms with Crippen molar-refractivity contribution in [3.63, 3.8) is 0 Å². The van der Waals surface area contributed by atoms with E-state index in [0.29, 0.717) is 13.2 Å². The van der Waals surface area contributed by atoms with Gasteiger partial charge in [0, 0.05) is 0 Å². The van der Waals surface area contributed by atoms with E-state index in [9.17, 15) is 5.26 Å². The van der Waals surface area contributed by atoms with Crippen LogP contribution in [0.3, 0.4) is 0 Å². The molecule has 2 aliphatic rings. The van der Waals surface area contributed by atoms with Gasteiger partial charge in [0.2, 0.25) is 0 Å². The third kappa shape index (κ3) is 1.36. The van der Waals surface area contributed by atoms with Gasteiger partial charge in [0.05, 0.1) is 30.1 Å². The number of hydrogen-bond acceptors (Lipinski definition) is 2. The Bertz CT molecular complexity index is 705. The van der Waals surface area contributed by atoms with Gasteiger partial charge in [0.1, 0.15) is 0 Å². The van der Waals surface area contributed by atoms with Crippen LogP contribution in [0.4, 0.5) is 0 Å². The van der Waals surface area contributed by atoms with Crippen LogP contribution < -0.4 is 0 Å². The Morgan fingerprint density at radius 3 is 2.30 bits per heavy atom. The third-order valence-electron chi connectivity index (χ3n) is 5.34. The largest absolute Gasteiger partial charge is 0.379 e. The number of ether oxygens (including phenoxy) is 1. The van der Waals surface area contributed by atoms with Gasteiger partial charge in [-0.25, -0.2) is 0 Å². The Hall–Kier alpha value is -1.85. The van der Waals surface area contributed by atoms with Crippen LogP contribution in [0, 0.1) is 16.7 Å². The molecule has 0 unspecified atom stereocenters. The standard InChI is InChI=1S/C18H17NO/c19-11-17(8-3-9-17)18(12-20-13-18)16-7-6-14-4-1-2-5-15(14)10-16/h1-2,4-7,10H,3,8-9,12-13H2. The molecule has 2 nitrogen and oxygen atoms in total. The second-order valence-electron chi connectivity index (χ2n) is 6.18. The van der Waals surface area contributed by atoms with Crippen LogP contribution in [0.1, 0.15) is 24.8 Å². The minimum atomic E-state index is -0.201. The number of nitrogens with zero attached hydrogens (tertiary/aromatic N) is 1. The van der Waals surface area contributed by atoms with Crippen molar-refractivity contribution in [1.82, 2.24) is 0 Å². The lowest BCUT2D eigenvalue weighted by molar-refractivity contribution is -0.134. The van der Waals surface area contributed by atoms with E-state index >= 15 is 0 Å². The maximum absolute atomic E-state index is 9.71. The molecule has 2 aromatic rings. The first-order chi connectivity index (χ1) is 9.80. The summed E-state index contributed by atoms with van der Waals surface area (Å²) in [7, 11) is 0. The third-order valence-corrected chi connectivity index (χ3v) is 5.34. The Balaban J connectivity index is 1.86. The maximum atomic E-state index is 9.71. The molecule has 0 aromatic heterocycles. The van der Waals surface area contributed by atoms with Crippen LogP contribution in [-0.2, 0) is 10.2 Å². The second-order valence-corrected chi connectivity index (χ2v) is 6.18. The van der Waals surface area contributed by atoms with Crippen LogP contribution in [0.5, 0.6) is 0 Å². The van der Waals surface area contributed by atoms with Crippen LogP contribution in [-0.4, -0.2) is 13.2 Å². The summed E-state index contributed by atoms with van der Waals surface area (Å²) in [5, 5.41) is 12.2. The molecular formula is C18H17NO. The highest BCUT2D eigenvalue weighted by molar-refractivity contribution is 5.83. The molecular weight excluding hydrogens is 246 g/mol. The highest BCUT2D eigenvalue weighted by atomic mass is 16.5. The lowest BCUT2D eigenvalue weighted by Crippen LogP contribution is -2.61. The topological polar surface area (TPSA) is 33.0 Å². The van der Waals surface area contributed by atoms with Gasteiger partial charge in [-0.2, -0.15) is 5.26 Å². The first-order valence-electron chi connectivity index (χ1n) is 7.28. The molecule has 0 radical (unpaired) electrons. The van der Waals surface area contributed by atoms with E-state index in [1.165, 1.54) is 22.8 Å². The summed E-state index contributed by atoms with van der Waals surface area (Å²) in [6, 6.07) is 17.7. The van der Waals surface area contributed by atoms with E-state index in [1.807, 2.05) is 0 Å². The van der Waals surface area contributed by atoms with Crippen molar-refractivity contribution in [3.05, 3.63) is 48.0 Å². The predicted molar refractivity (Wildman–Crippen MR) is 78.3 cm³/mol. The Morgan fingerprint density at radius 1 is 1.00 bits per heavy atom. The molecule has 0 spiro atoms. The van der Waals surface area contributed by atoms with E-state index in [2.05, 4.69) is 48.5 Å². The number of rotatable bonds is 2. The summed E-state index contributed by atoms with van der Waals surface area (Å²) < 4.78 is 5.54. The Labute approximate surface area is 119 Å². The average Bonchev–Trinajstić information content (AvgIpc) is 2.40. The van der Waals surface area contributed by atoms with Crippen molar-refractivity contribution in [2.45, 2.75) is 24.7 Å². The highest BCUT2D eigenvalue weighted by Gasteiger charge is 2.60. The molecule has 100 valence electrons. The van der Waals surface area contributed by atoms with E-state index < -0.39 is 0 Å². The number of hydrogen-bond donors (Lipinski definition) is 0. The zero-order chi connectivity index (χ0) is 13.6. The van der Waals surface area contributed by atoms with Gasteiger partial charge in [0.15, 0.2) is 0 Å². The van der Waals surface area contributed by atoms with Gasteiger partial charge in [-0.05, 0) is 29.2 Å². The van der Waals surface area contributed by atoms with Crippen LogP contribution in [0.2, 0.25) is 0 Å². The minimum Gasteiger partial charge on any atom is -0.379 e. The molecule has 0 amide bonds. The zero-order valence-electron chi connectivity index (χ0n) is 11.4. The molecule has 1 aliphatic heterocycles. The first-order valence-corrected chi connectivity index (χ1v) is 7.28. The SMILES string of the molecule is N#CC1(C2(c3ccc4ccccc4c3)COC2)CCC1. The van der Waals surface area contributed by atoms with Gasteiger partial charge >= 0.3 is 0 Å². The molecule has 4 rings (SSSR count). The fourth-order valence-corrected chi connectivity index (χ4v) is 3.74. The van der Waals surface area contributed by atoms with Crippen molar-refractivity contribution < 1.29 is 4.74 Å². The highest BCUT2D eigenvalue weighted by Crippen LogP contribution is 2.58. The molecule has 1 aliphatic carbocycles. The van der Waals surface area contributed by atoms with Crippen LogP contribution in [0.25, 0.3) is 10.8 Å². The molecule has 1 saturated carbocycles. The lowest BCUT2D eigenvalue weighted by Gasteiger charge is -2.56. The van der Waals surface area contributed by atoms with Crippen molar-refractivity contribution >= 4 is 10.8 Å². The fraction of sp³-hybridized carbons (Fsp3) is 0.389. The number of fused-ring (bicyclic) bond motifs is 1. The van der Waals surface area contributed by atoms with E-state index in [0.717, 1.165) is 12.8 Å². The number of nitriles is 1. The quantitative estimate of drug-likeness (QED) is 0.825. The molecule has 2 fully saturated rings. The number of benzene rings is 2. The summed E-state index contributed by atoms with van der Waals surface area (Å²) >= 11 is 0. The average molecular weight is 263 g/mol. The summed E-state index contributed by atoms with van der Waals surface area (Å²) in [4.78, 5) is 0. The molecule has 0 bridgehead atoms. The summed E-state index contributed by atoms with van der Waals surface area (Å²) in [6.45, 7) is 1.39. The Morgan fingerprint density at radius 2 is 1.75 bits per heavy atom. The van der Waals surface area contributed by atoms with Crippen molar-refractivity contribution in [2.24, 2.45) is 5.41 Å². The monoisotopic (exact) mass is 263 g/mol. The smallest absolute Gasteiger partial charge is 0.0715 e. The zero-order valence-corrected chi connectivity index (χ0v) is 11.4. The molecule has 20 heavy (non-hydrogen) atoms. The predicted octanol–water partition coefficient (Wildman–Crippen LogP) is 3.80. The van der Waals surface area contributed by atoms with Crippen LogP contribution in [0.15, 0.2) is 42.5 Å². The molecule has 0 N–H and O–H groups in total. The van der Waals surface area contributed by atoms with Gasteiger partial charge in [-0.15, -0.1) is 0 Å². The van der Waals surface area contributed by atoms with E-state index in [4.69, 9.17) is 4.74 Å². The Kier molecular flexibility index (Phi) is 2.43. The van der Waals surface area contributed by atoms with Crippen molar-refractivity contribution in [2.75, 3.05) is 13.2 Å². The van der Waals surface area contributed by atoms with Gasteiger partial charge < -0.3 is 4.74 Å². The summed E-state index contributed by atoms with van der Waals surface area (Å²) in [5.41, 5.74) is 1.00. The molecule has 1 saturated heterocycles. The molecule has 2 aromatic carbocycles. The maximum Gasteiger partial charge on any atom is 0.0715 e. The molecule has 2 heteroatoms. The summed E-state index contributed by atoms with van der Waals surface area (Å²) in [6.07, 6.45) is 3.20. The van der Waals surface area contributed by atoms with Gasteiger partial charge in [-0.1, -0.05) is 48.9 Å². The van der Waals surface area contributed by atoms with Gasteiger partial charge in [-0.3, -0.25) is 0 Å². The summed E-state index contributed by atoms with van der Waals surface area (Å²) in [5.74, 6) is 0. The lowest BCUT2D eigenvalue weighted by atomic mass is 9.50. The normalized spacial score (nSPS) is 22.6. The van der Waals surface area contributed by atoms with Gasteiger partial charge in [0.25, 0.3) is 0 Å². The van der Waals surface area contributed by atoms with E-state index in [1.54, 1.807) is 0 Å². The van der Waals surface area contributed by atoms with Crippen LogP contribution >= 0.6 is 0 Å².